The average Bonchev–Trinajstić information content (AvgIpc) is 2.11. The van der Waals surface area contributed by atoms with Crippen LogP contribution in [0.3, 0.4) is 0 Å². The number of hydrogen-bond acceptors (Lipinski definition) is 1. The highest BCUT2D eigenvalue weighted by Crippen LogP contribution is 2.41. The van der Waals surface area contributed by atoms with Crippen LogP contribution in [-0.4, -0.2) is 6.04 Å². The molecule has 0 aromatic heterocycles. The summed E-state index contributed by atoms with van der Waals surface area (Å²) in [5, 5.41) is 0. The summed E-state index contributed by atoms with van der Waals surface area (Å²) in [7, 11) is 0. The zero-order valence-corrected chi connectivity index (χ0v) is 5.84. The van der Waals surface area contributed by atoms with E-state index in [4.69, 9.17) is 5.73 Å². The summed E-state index contributed by atoms with van der Waals surface area (Å²) < 4.78 is 0. The summed E-state index contributed by atoms with van der Waals surface area (Å²) in [5.41, 5.74) is 5.86. The fourth-order valence-corrected chi connectivity index (χ4v) is 2.56. The minimum absolute atomic E-state index is 0.552. The summed E-state index contributed by atoms with van der Waals surface area (Å²) in [6, 6.07) is 0.552. The van der Waals surface area contributed by atoms with Crippen molar-refractivity contribution in [1.82, 2.24) is 0 Å². The molecule has 2 N–H and O–H groups in total. The Balaban J connectivity index is 2.03. The second-order valence-electron chi connectivity index (χ2n) is 3.78. The first-order valence-electron chi connectivity index (χ1n) is 4.10. The van der Waals surface area contributed by atoms with Crippen molar-refractivity contribution in [2.24, 2.45) is 17.6 Å². The van der Waals surface area contributed by atoms with Gasteiger partial charge in [-0.2, -0.15) is 0 Å². The van der Waals surface area contributed by atoms with Crippen LogP contribution in [0.2, 0.25) is 0 Å². The number of fused-ring (bicyclic) bond motifs is 2. The van der Waals surface area contributed by atoms with Crippen molar-refractivity contribution in [2.45, 2.75) is 38.1 Å². The van der Waals surface area contributed by atoms with Crippen molar-refractivity contribution >= 4 is 0 Å². The molecule has 1 nitrogen and oxygen atoms in total. The zero-order valence-electron chi connectivity index (χ0n) is 5.84. The molecule has 2 aliphatic carbocycles. The molecule has 0 aromatic carbocycles. The second-order valence-corrected chi connectivity index (χ2v) is 3.78. The summed E-state index contributed by atoms with van der Waals surface area (Å²) in [6.45, 7) is 0. The van der Waals surface area contributed by atoms with Crippen LogP contribution in [-0.2, 0) is 0 Å². The summed E-state index contributed by atoms with van der Waals surface area (Å²) in [6.07, 6.45) is 7.07. The lowest BCUT2D eigenvalue weighted by Crippen LogP contribution is -2.28. The Morgan fingerprint density at radius 1 is 0.889 bits per heavy atom. The molecule has 9 heavy (non-hydrogen) atoms. The first kappa shape index (κ1) is 5.72. The van der Waals surface area contributed by atoms with Gasteiger partial charge >= 0.3 is 0 Å². The minimum Gasteiger partial charge on any atom is -0.328 e. The molecule has 0 saturated heterocycles. The topological polar surface area (TPSA) is 26.0 Å². The molecule has 0 radical (unpaired) electrons. The van der Waals surface area contributed by atoms with Gasteiger partial charge < -0.3 is 5.73 Å². The van der Waals surface area contributed by atoms with Gasteiger partial charge in [-0.15, -0.1) is 0 Å². The van der Waals surface area contributed by atoms with Gasteiger partial charge in [0.2, 0.25) is 0 Å². The first-order valence-corrected chi connectivity index (χ1v) is 4.10. The van der Waals surface area contributed by atoms with Crippen LogP contribution in [0.5, 0.6) is 0 Å². The van der Waals surface area contributed by atoms with Crippen LogP contribution in [0.15, 0.2) is 0 Å². The van der Waals surface area contributed by atoms with Gasteiger partial charge in [-0.3, -0.25) is 0 Å². The molecule has 2 rings (SSSR count). The molecule has 0 aromatic rings. The van der Waals surface area contributed by atoms with Gasteiger partial charge in [-0.25, -0.2) is 0 Å². The molecule has 1 heteroatoms. The third kappa shape index (κ3) is 0.983. The Morgan fingerprint density at radius 3 is 2.00 bits per heavy atom. The summed E-state index contributed by atoms with van der Waals surface area (Å²) in [5.74, 6) is 2.03. The highest BCUT2D eigenvalue weighted by atomic mass is 14.7. The lowest BCUT2D eigenvalue weighted by molar-refractivity contribution is 0.320. The maximum atomic E-state index is 5.86. The molecule has 3 atom stereocenters. The van der Waals surface area contributed by atoms with E-state index in [1.165, 1.54) is 32.1 Å². The maximum Gasteiger partial charge on any atom is 0.00441 e. The normalized spacial score (nSPS) is 49.7. The Hall–Kier alpha value is -0.0400. The lowest BCUT2D eigenvalue weighted by atomic mass is 9.86. The molecule has 0 heterocycles. The molecular formula is C8H15N. The number of hydrogen-bond donors (Lipinski definition) is 1. The monoisotopic (exact) mass is 125 g/mol. The predicted molar refractivity (Wildman–Crippen MR) is 38.0 cm³/mol. The van der Waals surface area contributed by atoms with Crippen LogP contribution in [0.1, 0.15) is 32.1 Å². The van der Waals surface area contributed by atoms with E-state index >= 15 is 0 Å². The molecule has 0 spiro atoms. The standard InChI is InChI=1S/C8H15N/c9-8-4-6-1-2-7(3-6)5-8/h6-8H,1-5,9H2/t6-,7?,8?/m0/s1. The van der Waals surface area contributed by atoms with Crippen LogP contribution in [0.25, 0.3) is 0 Å². The fraction of sp³-hybridized carbons (Fsp3) is 1.00. The highest BCUT2D eigenvalue weighted by molar-refractivity contribution is 4.86. The Morgan fingerprint density at radius 2 is 1.44 bits per heavy atom. The molecule has 0 aliphatic heterocycles. The second kappa shape index (κ2) is 1.98. The van der Waals surface area contributed by atoms with Crippen molar-refractivity contribution in [2.75, 3.05) is 0 Å². The average molecular weight is 125 g/mol. The van der Waals surface area contributed by atoms with E-state index < -0.39 is 0 Å². The van der Waals surface area contributed by atoms with Crippen molar-refractivity contribution in [1.29, 1.82) is 0 Å². The van der Waals surface area contributed by atoms with E-state index in [2.05, 4.69) is 0 Å². The van der Waals surface area contributed by atoms with Crippen molar-refractivity contribution in [3.05, 3.63) is 0 Å². The molecule has 2 saturated carbocycles. The largest absolute Gasteiger partial charge is 0.328 e. The van der Waals surface area contributed by atoms with Crippen LogP contribution >= 0.6 is 0 Å². The number of nitrogens with two attached hydrogens (primary N) is 1. The number of rotatable bonds is 0. The molecular weight excluding hydrogens is 110 g/mol. The van der Waals surface area contributed by atoms with E-state index in [1.54, 1.807) is 0 Å². The third-order valence-corrected chi connectivity index (χ3v) is 2.92. The van der Waals surface area contributed by atoms with E-state index in [0.717, 1.165) is 11.8 Å². The lowest BCUT2D eigenvalue weighted by Gasteiger charge is -2.23. The van der Waals surface area contributed by atoms with Crippen molar-refractivity contribution < 1.29 is 0 Å². The Kier molecular flexibility index (Phi) is 1.26. The van der Waals surface area contributed by atoms with Gasteiger partial charge in [0.05, 0.1) is 0 Å². The smallest absolute Gasteiger partial charge is 0.00441 e. The Labute approximate surface area is 56.6 Å². The third-order valence-electron chi connectivity index (χ3n) is 2.92. The van der Waals surface area contributed by atoms with Gasteiger partial charge in [0.15, 0.2) is 0 Å². The molecule has 2 bridgehead atoms. The molecule has 2 aliphatic rings. The van der Waals surface area contributed by atoms with E-state index in [9.17, 15) is 0 Å². The van der Waals surface area contributed by atoms with Gasteiger partial charge in [0, 0.05) is 6.04 Å². The Bertz CT molecular complexity index is 99.1. The van der Waals surface area contributed by atoms with Crippen molar-refractivity contribution in [3.63, 3.8) is 0 Å². The van der Waals surface area contributed by atoms with E-state index in [-0.39, 0.29) is 0 Å². The zero-order chi connectivity index (χ0) is 6.27. The maximum absolute atomic E-state index is 5.86. The van der Waals surface area contributed by atoms with E-state index in [0.29, 0.717) is 6.04 Å². The van der Waals surface area contributed by atoms with Gasteiger partial charge in [0.25, 0.3) is 0 Å². The summed E-state index contributed by atoms with van der Waals surface area (Å²) in [4.78, 5) is 0. The van der Waals surface area contributed by atoms with Crippen molar-refractivity contribution in [3.8, 4) is 0 Å². The minimum atomic E-state index is 0.552. The first-order chi connectivity index (χ1) is 4.34. The van der Waals surface area contributed by atoms with Gasteiger partial charge in [-0.1, -0.05) is 12.8 Å². The SMILES string of the molecule is NC1CC2CC[C@H](C1)C2. The summed E-state index contributed by atoms with van der Waals surface area (Å²) >= 11 is 0. The quantitative estimate of drug-likeness (QED) is 0.522. The molecule has 2 unspecified atom stereocenters. The predicted octanol–water partition coefficient (Wildman–Crippen LogP) is 1.52. The van der Waals surface area contributed by atoms with E-state index in [1.807, 2.05) is 0 Å². The molecule has 2 fully saturated rings. The fourth-order valence-electron chi connectivity index (χ4n) is 2.56. The van der Waals surface area contributed by atoms with Gasteiger partial charge in [-0.05, 0) is 31.1 Å². The van der Waals surface area contributed by atoms with Crippen LogP contribution < -0.4 is 5.73 Å². The van der Waals surface area contributed by atoms with Crippen LogP contribution in [0, 0.1) is 11.8 Å². The highest BCUT2D eigenvalue weighted by Gasteiger charge is 2.31. The van der Waals surface area contributed by atoms with Gasteiger partial charge in [0.1, 0.15) is 0 Å². The molecule has 52 valence electrons. The molecule has 0 amide bonds. The van der Waals surface area contributed by atoms with Crippen LogP contribution in [0.4, 0.5) is 0 Å².